The zero-order valence-electron chi connectivity index (χ0n) is 14.7. The number of methoxy groups -OCH3 is 2. The normalized spacial score (nSPS) is 15.9. The Hall–Kier alpha value is -2.95. The van der Waals surface area contributed by atoms with E-state index in [0.29, 0.717) is 17.2 Å². The molecule has 1 heterocycles. The molecular formula is C16H18N4O6S. The molecule has 0 aromatic heterocycles. The van der Waals surface area contributed by atoms with Crippen LogP contribution in [0.4, 0.5) is 5.69 Å². The van der Waals surface area contributed by atoms with Crippen molar-refractivity contribution in [2.24, 2.45) is 15.2 Å². The van der Waals surface area contributed by atoms with Gasteiger partial charge in [-0.25, -0.2) is 0 Å². The summed E-state index contributed by atoms with van der Waals surface area (Å²) < 4.78 is 10.3. The SMILES string of the molecule is COc1ccc(NC(=O)CSC2=NC(=O)C(CCC(=O)O)N=N2)cc1OC. The number of azo groups is 1. The van der Waals surface area contributed by atoms with E-state index in [1.807, 2.05) is 0 Å². The molecule has 2 amide bonds. The van der Waals surface area contributed by atoms with E-state index in [2.05, 4.69) is 20.5 Å². The first-order chi connectivity index (χ1) is 12.9. The lowest BCUT2D eigenvalue weighted by atomic mass is 10.1. The number of ether oxygens (including phenoxy) is 2. The van der Waals surface area contributed by atoms with Crippen molar-refractivity contribution >= 4 is 40.4 Å². The van der Waals surface area contributed by atoms with Gasteiger partial charge in [0.05, 0.1) is 20.0 Å². The summed E-state index contributed by atoms with van der Waals surface area (Å²) in [4.78, 5) is 38.1. The summed E-state index contributed by atoms with van der Waals surface area (Å²) in [6, 6.07) is 4.07. The minimum absolute atomic E-state index is 0.0285. The van der Waals surface area contributed by atoms with Gasteiger partial charge in [-0.2, -0.15) is 10.1 Å². The third-order valence-electron chi connectivity index (χ3n) is 3.40. The molecule has 144 valence electrons. The summed E-state index contributed by atoms with van der Waals surface area (Å²) in [5, 5.41) is 18.9. The molecule has 0 spiro atoms. The van der Waals surface area contributed by atoms with Gasteiger partial charge in [0, 0.05) is 18.2 Å². The van der Waals surface area contributed by atoms with Crippen molar-refractivity contribution in [2.45, 2.75) is 18.9 Å². The number of carboxylic acid groups (broad SMARTS) is 1. The Morgan fingerprint density at radius 1 is 1.26 bits per heavy atom. The van der Waals surface area contributed by atoms with Gasteiger partial charge in [0.15, 0.2) is 17.5 Å². The number of carbonyl (C=O) groups is 3. The number of hydrogen-bond donors (Lipinski definition) is 2. The summed E-state index contributed by atoms with van der Waals surface area (Å²) in [6.45, 7) is 0. The van der Waals surface area contributed by atoms with Crippen LogP contribution in [-0.2, 0) is 14.4 Å². The summed E-state index contributed by atoms with van der Waals surface area (Å²) in [6.07, 6.45) is -0.153. The fourth-order valence-corrected chi connectivity index (χ4v) is 2.70. The van der Waals surface area contributed by atoms with Crippen molar-refractivity contribution in [1.82, 2.24) is 0 Å². The number of amides is 2. The highest BCUT2D eigenvalue weighted by molar-refractivity contribution is 8.14. The van der Waals surface area contributed by atoms with Crippen molar-refractivity contribution in [3.63, 3.8) is 0 Å². The molecule has 2 rings (SSSR count). The highest BCUT2D eigenvalue weighted by Crippen LogP contribution is 2.29. The largest absolute Gasteiger partial charge is 0.493 e. The number of amidine groups is 1. The standard InChI is InChI=1S/C16H18N4O6S/c1-25-11-5-3-9(7-12(11)26-2)17-13(21)8-27-16-18-15(24)10(19-20-16)4-6-14(22)23/h3,5,7,10H,4,6,8H2,1-2H3,(H,17,21)(H,22,23). The van der Waals surface area contributed by atoms with Crippen LogP contribution in [0.3, 0.4) is 0 Å². The molecule has 1 aromatic carbocycles. The minimum atomic E-state index is -1.02. The molecule has 0 saturated heterocycles. The average molecular weight is 394 g/mol. The number of aliphatic imine (C=N–C) groups is 1. The highest BCUT2D eigenvalue weighted by Gasteiger charge is 2.23. The van der Waals surface area contributed by atoms with E-state index in [0.717, 1.165) is 11.8 Å². The molecule has 1 unspecified atom stereocenters. The second-order valence-corrected chi connectivity index (χ2v) is 6.25. The van der Waals surface area contributed by atoms with E-state index in [-0.39, 0.29) is 29.7 Å². The van der Waals surface area contributed by atoms with Gasteiger partial charge in [0.2, 0.25) is 11.1 Å². The second-order valence-electron chi connectivity index (χ2n) is 5.30. The molecule has 0 fully saturated rings. The number of carboxylic acids is 1. The molecule has 2 N–H and O–H groups in total. The molecule has 0 saturated carbocycles. The summed E-state index contributed by atoms with van der Waals surface area (Å²) in [7, 11) is 3.01. The van der Waals surface area contributed by atoms with Crippen molar-refractivity contribution < 1.29 is 29.0 Å². The maximum absolute atomic E-state index is 12.1. The van der Waals surface area contributed by atoms with Gasteiger partial charge in [0.1, 0.15) is 0 Å². The number of anilines is 1. The molecule has 27 heavy (non-hydrogen) atoms. The number of nitrogens with zero attached hydrogens (tertiary/aromatic N) is 3. The van der Waals surface area contributed by atoms with E-state index in [9.17, 15) is 14.4 Å². The van der Waals surface area contributed by atoms with Crippen LogP contribution < -0.4 is 14.8 Å². The Labute approximate surface area is 159 Å². The zero-order valence-corrected chi connectivity index (χ0v) is 15.5. The van der Waals surface area contributed by atoms with Gasteiger partial charge in [-0.1, -0.05) is 11.8 Å². The van der Waals surface area contributed by atoms with Crippen LogP contribution in [0.2, 0.25) is 0 Å². The summed E-state index contributed by atoms with van der Waals surface area (Å²) in [5.41, 5.74) is 0.523. The fraction of sp³-hybridized carbons (Fsp3) is 0.375. The molecule has 0 aliphatic carbocycles. The quantitative estimate of drug-likeness (QED) is 0.687. The number of aliphatic carboxylic acids is 1. The van der Waals surface area contributed by atoms with Crippen LogP contribution in [0, 0.1) is 0 Å². The first-order valence-electron chi connectivity index (χ1n) is 7.82. The van der Waals surface area contributed by atoms with Crippen LogP contribution in [0.15, 0.2) is 33.4 Å². The lowest BCUT2D eigenvalue weighted by molar-refractivity contribution is -0.137. The van der Waals surface area contributed by atoms with Gasteiger partial charge < -0.3 is 19.9 Å². The lowest BCUT2D eigenvalue weighted by Crippen LogP contribution is -2.22. The molecule has 1 aliphatic heterocycles. The van der Waals surface area contributed by atoms with Gasteiger partial charge in [-0.15, -0.1) is 5.11 Å². The fourth-order valence-electron chi connectivity index (χ4n) is 2.10. The van der Waals surface area contributed by atoms with E-state index in [1.165, 1.54) is 14.2 Å². The second kappa shape index (κ2) is 9.67. The van der Waals surface area contributed by atoms with E-state index in [4.69, 9.17) is 14.6 Å². The number of carbonyl (C=O) groups excluding carboxylic acids is 2. The number of rotatable bonds is 8. The number of benzene rings is 1. The minimum Gasteiger partial charge on any atom is -0.493 e. The van der Waals surface area contributed by atoms with Crippen LogP contribution in [0.25, 0.3) is 0 Å². The van der Waals surface area contributed by atoms with Crippen molar-refractivity contribution in [3.8, 4) is 11.5 Å². The van der Waals surface area contributed by atoms with Crippen LogP contribution in [0.1, 0.15) is 12.8 Å². The Balaban J connectivity index is 1.86. The number of nitrogens with one attached hydrogen (secondary N) is 1. The Bertz CT molecular complexity index is 795. The van der Waals surface area contributed by atoms with Crippen LogP contribution in [-0.4, -0.2) is 54.1 Å². The third-order valence-corrected chi connectivity index (χ3v) is 4.24. The average Bonchev–Trinajstić information content (AvgIpc) is 2.65. The first kappa shape index (κ1) is 20.4. The zero-order chi connectivity index (χ0) is 19.8. The summed E-state index contributed by atoms with van der Waals surface area (Å²) >= 11 is 0.957. The molecule has 1 atom stereocenters. The third kappa shape index (κ3) is 6.06. The summed E-state index contributed by atoms with van der Waals surface area (Å²) in [5.74, 6) is -0.919. The maximum Gasteiger partial charge on any atom is 0.303 e. The Morgan fingerprint density at radius 3 is 2.63 bits per heavy atom. The molecule has 10 nitrogen and oxygen atoms in total. The van der Waals surface area contributed by atoms with Gasteiger partial charge in [-0.3, -0.25) is 14.4 Å². The van der Waals surface area contributed by atoms with Crippen LogP contribution >= 0.6 is 11.8 Å². The van der Waals surface area contributed by atoms with Crippen molar-refractivity contribution in [3.05, 3.63) is 18.2 Å². The topological polar surface area (TPSA) is 139 Å². The monoisotopic (exact) mass is 394 g/mol. The lowest BCUT2D eigenvalue weighted by Gasteiger charge is -2.12. The van der Waals surface area contributed by atoms with Gasteiger partial charge in [0.25, 0.3) is 5.91 Å². The molecule has 1 aliphatic rings. The van der Waals surface area contributed by atoms with E-state index >= 15 is 0 Å². The van der Waals surface area contributed by atoms with E-state index < -0.39 is 17.9 Å². The van der Waals surface area contributed by atoms with E-state index in [1.54, 1.807) is 18.2 Å². The van der Waals surface area contributed by atoms with Crippen molar-refractivity contribution in [1.29, 1.82) is 0 Å². The predicted octanol–water partition coefficient (Wildman–Crippen LogP) is 1.96. The van der Waals surface area contributed by atoms with Crippen LogP contribution in [0.5, 0.6) is 11.5 Å². The van der Waals surface area contributed by atoms with Crippen molar-refractivity contribution in [2.75, 3.05) is 25.3 Å². The van der Waals surface area contributed by atoms with Gasteiger partial charge in [-0.05, 0) is 18.6 Å². The first-order valence-corrected chi connectivity index (χ1v) is 8.81. The highest BCUT2D eigenvalue weighted by atomic mass is 32.2. The molecule has 1 aromatic rings. The Morgan fingerprint density at radius 2 is 2.00 bits per heavy atom. The van der Waals surface area contributed by atoms with Gasteiger partial charge >= 0.3 is 5.97 Å². The maximum atomic E-state index is 12.1. The number of thioether (sulfide) groups is 1. The predicted molar refractivity (Wildman–Crippen MR) is 98.6 cm³/mol. The Kier molecular flexibility index (Phi) is 7.29. The smallest absolute Gasteiger partial charge is 0.303 e. The number of hydrogen-bond acceptors (Lipinski definition) is 8. The molecule has 11 heteroatoms. The molecular weight excluding hydrogens is 376 g/mol. The molecule has 0 bridgehead atoms. The molecule has 0 radical (unpaired) electrons.